The average Bonchev–Trinajstić information content (AvgIpc) is 2.88. The highest BCUT2D eigenvalue weighted by Crippen LogP contribution is 2.50. The van der Waals surface area contributed by atoms with E-state index in [4.69, 9.17) is 0 Å². The molecule has 0 saturated heterocycles. The van der Waals surface area contributed by atoms with Crippen LogP contribution in [0.4, 0.5) is 0 Å². The Balaban J connectivity index is 1.76. The van der Waals surface area contributed by atoms with Gasteiger partial charge in [0.05, 0.1) is 0 Å². The molecule has 2 fully saturated rings. The van der Waals surface area contributed by atoms with E-state index in [2.05, 4.69) is 18.5 Å². The highest BCUT2D eigenvalue weighted by Gasteiger charge is 2.39. The van der Waals surface area contributed by atoms with Crippen molar-refractivity contribution in [1.82, 2.24) is 5.32 Å². The summed E-state index contributed by atoms with van der Waals surface area (Å²) in [5.74, 6) is 4.58. The molecule has 0 aromatic heterocycles. The third-order valence-corrected chi connectivity index (χ3v) is 5.28. The Labute approximate surface area is 105 Å². The van der Waals surface area contributed by atoms with Gasteiger partial charge < -0.3 is 5.32 Å². The summed E-state index contributed by atoms with van der Waals surface area (Å²) >= 11 is 1.99. The summed E-state index contributed by atoms with van der Waals surface area (Å²) in [5.41, 5.74) is 0. The molecule has 0 aromatic carbocycles. The Morgan fingerprint density at radius 2 is 2.19 bits per heavy atom. The molecule has 1 N–H and O–H groups in total. The molecule has 0 aromatic rings. The summed E-state index contributed by atoms with van der Waals surface area (Å²) < 4.78 is 0. The van der Waals surface area contributed by atoms with Crippen molar-refractivity contribution in [2.75, 3.05) is 18.6 Å². The van der Waals surface area contributed by atoms with Crippen molar-refractivity contribution in [3.8, 4) is 0 Å². The van der Waals surface area contributed by atoms with Gasteiger partial charge in [-0.05, 0) is 68.4 Å². The van der Waals surface area contributed by atoms with Gasteiger partial charge in [0.2, 0.25) is 0 Å². The molecule has 94 valence electrons. The molecule has 0 radical (unpaired) electrons. The van der Waals surface area contributed by atoms with Gasteiger partial charge in [-0.2, -0.15) is 11.8 Å². The molecule has 16 heavy (non-hydrogen) atoms. The van der Waals surface area contributed by atoms with Gasteiger partial charge in [-0.15, -0.1) is 0 Å². The lowest BCUT2D eigenvalue weighted by Gasteiger charge is -2.27. The Kier molecular flexibility index (Phi) is 5.02. The minimum Gasteiger partial charge on any atom is -0.314 e. The Morgan fingerprint density at radius 1 is 1.31 bits per heavy atom. The first kappa shape index (κ1) is 12.8. The molecule has 2 bridgehead atoms. The summed E-state index contributed by atoms with van der Waals surface area (Å²) in [7, 11) is 0. The van der Waals surface area contributed by atoms with Gasteiger partial charge in [0.15, 0.2) is 0 Å². The van der Waals surface area contributed by atoms with Gasteiger partial charge in [-0.1, -0.05) is 13.3 Å². The number of hydrogen-bond acceptors (Lipinski definition) is 2. The van der Waals surface area contributed by atoms with Crippen LogP contribution in [-0.4, -0.2) is 24.6 Å². The minimum absolute atomic E-state index is 0.793. The molecule has 2 aliphatic carbocycles. The summed E-state index contributed by atoms with van der Waals surface area (Å²) in [4.78, 5) is 0. The second-order valence-corrected chi connectivity index (χ2v) is 6.69. The summed E-state index contributed by atoms with van der Waals surface area (Å²) in [6.07, 6.45) is 11.2. The maximum absolute atomic E-state index is 3.69. The van der Waals surface area contributed by atoms with Crippen molar-refractivity contribution < 1.29 is 0 Å². The van der Waals surface area contributed by atoms with E-state index in [0.29, 0.717) is 0 Å². The van der Waals surface area contributed by atoms with Crippen LogP contribution < -0.4 is 5.32 Å². The molecule has 2 aliphatic rings. The highest BCUT2D eigenvalue weighted by molar-refractivity contribution is 7.98. The number of rotatable bonds is 7. The Morgan fingerprint density at radius 3 is 2.75 bits per heavy atom. The molecule has 0 amide bonds. The number of fused-ring (bicyclic) bond motifs is 2. The molecule has 1 nitrogen and oxygen atoms in total. The summed E-state index contributed by atoms with van der Waals surface area (Å²) in [6, 6.07) is 0.793. The van der Waals surface area contributed by atoms with Crippen molar-refractivity contribution in [1.29, 1.82) is 0 Å². The van der Waals surface area contributed by atoms with Crippen LogP contribution in [0.2, 0.25) is 0 Å². The van der Waals surface area contributed by atoms with E-state index < -0.39 is 0 Å². The molecule has 4 atom stereocenters. The highest BCUT2D eigenvalue weighted by atomic mass is 32.2. The van der Waals surface area contributed by atoms with Crippen LogP contribution in [0, 0.1) is 17.8 Å². The van der Waals surface area contributed by atoms with Crippen LogP contribution in [0.5, 0.6) is 0 Å². The van der Waals surface area contributed by atoms with Gasteiger partial charge in [0, 0.05) is 6.04 Å². The second-order valence-electron chi connectivity index (χ2n) is 5.71. The van der Waals surface area contributed by atoms with E-state index in [0.717, 1.165) is 30.3 Å². The van der Waals surface area contributed by atoms with E-state index in [9.17, 15) is 0 Å². The van der Waals surface area contributed by atoms with Gasteiger partial charge in [0.1, 0.15) is 0 Å². The zero-order valence-corrected chi connectivity index (χ0v) is 11.7. The first-order valence-corrected chi connectivity index (χ1v) is 8.45. The van der Waals surface area contributed by atoms with Crippen molar-refractivity contribution in [2.45, 2.75) is 51.5 Å². The van der Waals surface area contributed by atoms with Gasteiger partial charge >= 0.3 is 0 Å². The monoisotopic (exact) mass is 241 g/mol. The number of thioether (sulfide) groups is 1. The molecule has 2 heteroatoms. The third-order valence-electron chi connectivity index (χ3n) is 4.64. The van der Waals surface area contributed by atoms with E-state index in [-0.39, 0.29) is 0 Å². The summed E-state index contributed by atoms with van der Waals surface area (Å²) in [6.45, 7) is 3.38. The molecular formula is C14H27NS. The molecular weight excluding hydrogens is 214 g/mol. The lowest BCUT2D eigenvalue weighted by molar-refractivity contribution is 0.276. The second kappa shape index (κ2) is 6.30. The third kappa shape index (κ3) is 3.16. The molecule has 2 rings (SSSR count). The minimum atomic E-state index is 0.793. The predicted molar refractivity (Wildman–Crippen MR) is 74.0 cm³/mol. The van der Waals surface area contributed by atoms with Crippen molar-refractivity contribution in [2.24, 2.45) is 17.8 Å². The maximum Gasteiger partial charge on any atom is 0.00775 e. The fourth-order valence-corrected chi connectivity index (χ4v) is 4.40. The van der Waals surface area contributed by atoms with E-state index in [1.807, 2.05) is 11.8 Å². The Bertz CT molecular complexity index is 207. The lowest BCUT2D eigenvalue weighted by Crippen LogP contribution is -2.32. The van der Waals surface area contributed by atoms with Crippen LogP contribution in [0.25, 0.3) is 0 Å². The Hall–Kier alpha value is 0.310. The van der Waals surface area contributed by atoms with Gasteiger partial charge in [-0.25, -0.2) is 0 Å². The fraction of sp³-hybridized carbons (Fsp3) is 1.00. The van der Waals surface area contributed by atoms with Crippen LogP contribution in [0.3, 0.4) is 0 Å². The van der Waals surface area contributed by atoms with Crippen LogP contribution >= 0.6 is 11.8 Å². The SMILES string of the molecule is CCNC(CCSC)CC1CC2CCC1C2. The quantitative estimate of drug-likeness (QED) is 0.731. The van der Waals surface area contributed by atoms with Crippen LogP contribution in [0.15, 0.2) is 0 Å². The van der Waals surface area contributed by atoms with Gasteiger partial charge in [0.25, 0.3) is 0 Å². The zero-order chi connectivity index (χ0) is 11.4. The molecule has 0 aliphatic heterocycles. The predicted octanol–water partition coefficient (Wildman–Crippen LogP) is 3.54. The molecule has 0 spiro atoms. The standard InChI is InChI=1S/C14H27NS/c1-3-15-14(6-7-16-2)10-13-9-11-4-5-12(13)8-11/h11-15H,3-10H2,1-2H3. The smallest absolute Gasteiger partial charge is 0.00775 e. The molecule has 0 heterocycles. The molecule has 2 saturated carbocycles. The maximum atomic E-state index is 3.69. The van der Waals surface area contributed by atoms with Crippen molar-refractivity contribution in [3.05, 3.63) is 0 Å². The summed E-state index contributed by atoms with van der Waals surface area (Å²) in [5, 5.41) is 3.69. The van der Waals surface area contributed by atoms with E-state index in [1.54, 1.807) is 12.8 Å². The number of hydrogen-bond donors (Lipinski definition) is 1. The van der Waals surface area contributed by atoms with E-state index >= 15 is 0 Å². The zero-order valence-electron chi connectivity index (χ0n) is 10.9. The van der Waals surface area contributed by atoms with Crippen molar-refractivity contribution in [3.63, 3.8) is 0 Å². The van der Waals surface area contributed by atoms with Crippen LogP contribution in [0.1, 0.15) is 45.4 Å². The number of nitrogens with one attached hydrogen (secondary N) is 1. The first-order valence-electron chi connectivity index (χ1n) is 7.05. The fourth-order valence-electron chi connectivity index (χ4n) is 3.88. The van der Waals surface area contributed by atoms with E-state index in [1.165, 1.54) is 31.4 Å². The normalized spacial score (nSPS) is 34.5. The largest absolute Gasteiger partial charge is 0.314 e. The topological polar surface area (TPSA) is 12.0 Å². The lowest BCUT2D eigenvalue weighted by atomic mass is 9.84. The van der Waals surface area contributed by atoms with Crippen molar-refractivity contribution >= 4 is 11.8 Å². The van der Waals surface area contributed by atoms with Gasteiger partial charge in [-0.3, -0.25) is 0 Å². The molecule has 4 unspecified atom stereocenters. The first-order chi connectivity index (χ1) is 7.83. The van der Waals surface area contributed by atoms with Crippen LogP contribution in [-0.2, 0) is 0 Å². The average molecular weight is 241 g/mol.